The van der Waals surface area contributed by atoms with Crippen molar-refractivity contribution in [3.63, 3.8) is 0 Å². The Morgan fingerprint density at radius 1 is 1.11 bits per heavy atom. The number of hydrogen-bond donors (Lipinski definition) is 1. The van der Waals surface area contributed by atoms with Gasteiger partial charge in [-0.1, -0.05) is 17.7 Å². The van der Waals surface area contributed by atoms with E-state index in [1.165, 1.54) is 16.9 Å². The number of amides is 3. The van der Waals surface area contributed by atoms with Gasteiger partial charge in [-0.25, -0.2) is 8.78 Å². The number of halogens is 2. The molecule has 8 nitrogen and oxygen atoms in total. The highest BCUT2D eigenvalue weighted by Crippen LogP contribution is 2.39. The van der Waals surface area contributed by atoms with Gasteiger partial charge in [-0.3, -0.25) is 19.3 Å². The minimum absolute atomic E-state index is 0.0108. The molecule has 0 unspecified atom stereocenters. The van der Waals surface area contributed by atoms with Gasteiger partial charge in [0.25, 0.3) is 11.8 Å². The fourth-order valence-corrected chi connectivity index (χ4v) is 4.77. The number of hydrogen-bond acceptors (Lipinski definition) is 5. The summed E-state index contributed by atoms with van der Waals surface area (Å²) in [7, 11) is 1.53. The van der Waals surface area contributed by atoms with E-state index in [0.29, 0.717) is 18.2 Å². The Bertz CT molecular complexity index is 1150. The van der Waals surface area contributed by atoms with Crippen LogP contribution in [0.15, 0.2) is 42.5 Å². The maximum absolute atomic E-state index is 14.2. The van der Waals surface area contributed by atoms with Crippen molar-refractivity contribution in [3.8, 4) is 0 Å². The summed E-state index contributed by atoms with van der Waals surface area (Å²) in [6, 6.07) is 9.08. The van der Waals surface area contributed by atoms with Gasteiger partial charge in [-0.05, 0) is 31.2 Å². The molecular formula is C26H29F2N3O5. The van der Waals surface area contributed by atoms with Gasteiger partial charge in [-0.15, -0.1) is 0 Å². The van der Waals surface area contributed by atoms with Gasteiger partial charge in [0.05, 0.1) is 18.8 Å². The van der Waals surface area contributed by atoms with Crippen LogP contribution in [0.4, 0.5) is 8.78 Å². The molecule has 4 rings (SSSR count). The van der Waals surface area contributed by atoms with Gasteiger partial charge in [0.2, 0.25) is 5.91 Å². The molecule has 36 heavy (non-hydrogen) atoms. The van der Waals surface area contributed by atoms with E-state index in [2.05, 4.69) is 5.32 Å². The van der Waals surface area contributed by atoms with E-state index in [4.69, 9.17) is 9.47 Å². The van der Waals surface area contributed by atoms with Crippen LogP contribution in [0.1, 0.15) is 39.1 Å². The molecule has 1 spiro atoms. The number of benzene rings is 2. The van der Waals surface area contributed by atoms with Gasteiger partial charge < -0.3 is 19.7 Å². The standard InChI is InChI=1S/C26H29F2N3O5/c1-17-4-3-5-18(14-17)24(33)31-22(23(32)29-10-13-35-2)16-36-26(31)8-11-30(12-9-26)25(34)20-7-6-19(27)15-21(20)28/h3-7,14-15,22H,8-13,16H2,1-2H3,(H,29,32)/t22-/m0/s1. The lowest BCUT2D eigenvalue weighted by Gasteiger charge is -2.44. The summed E-state index contributed by atoms with van der Waals surface area (Å²) in [5.41, 5.74) is 0.0180. The van der Waals surface area contributed by atoms with Gasteiger partial charge >= 0.3 is 0 Å². The molecule has 0 bridgehead atoms. The largest absolute Gasteiger partial charge is 0.383 e. The summed E-state index contributed by atoms with van der Waals surface area (Å²) < 4.78 is 38.6. The predicted molar refractivity (Wildman–Crippen MR) is 126 cm³/mol. The first-order valence-electron chi connectivity index (χ1n) is 11.8. The van der Waals surface area contributed by atoms with E-state index < -0.39 is 29.3 Å². The lowest BCUT2D eigenvalue weighted by molar-refractivity contribution is -0.128. The zero-order chi connectivity index (χ0) is 25.9. The second kappa shape index (κ2) is 10.7. The molecule has 0 saturated carbocycles. The SMILES string of the molecule is COCCNC(=O)[C@@H]1COC2(CCN(C(=O)c3ccc(F)cc3F)CC2)N1C(=O)c1cccc(C)c1. The van der Waals surface area contributed by atoms with Crippen LogP contribution in [0.5, 0.6) is 0 Å². The minimum Gasteiger partial charge on any atom is -0.383 e. The molecular weight excluding hydrogens is 472 g/mol. The fraction of sp³-hybridized carbons (Fsp3) is 0.423. The predicted octanol–water partition coefficient (Wildman–Crippen LogP) is 2.51. The Morgan fingerprint density at radius 3 is 2.53 bits per heavy atom. The van der Waals surface area contributed by atoms with Crippen molar-refractivity contribution in [1.29, 1.82) is 0 Å². The van der Waals surface area contributed by atoms with Crippen molar-refractivity contribution >= 4 is 17.7 Å². The van der Waals surface area contributed by atoms with Crippen LogP contribution in [-0.2, 0) is 14.3 Å². The van der Waals surface area contributed by atoms with Gasteiger partial charge in [0.1, 0.15) is 23.4 Å². The Labute approximate surface area is 208 Å². The van der Waals surface area contributed by atoms with Gasteiger partial charge in [-0.2, -0.15) is 0 Å². The lowest BCUT2D eigenvalue weighted by atomic mass is 9.95. The third-order valence-corrected chi connectivity index (χ3v) is 6.65. The zero-order valence-electron chi connectivity index (χ0n) is 20.3. The highest BCUT2D eigenvalue weighted by Gasteiger charge is 2.54. The Morgan fingerprint density at radius 2 is 1.86 bits per heavy atom. The van der Waals surface area contributed by atoms with Crippen molar-refractivity contribution in [2.75, 3.05) is 40.0 Å². The molecule has 2 aliphatic rings. The lowest BCUT2D eigenvalue weighted by Crippen LogP contribution is -2.60. The van der Waals surface area contributed by atoms with Crippen molar-refractivity contribution in [3.05, 3.63) is 70.8 Å². The summed E-state index contributed by atoms with van der Waals surface area (Å²) in [4.78, 5) is 42.5. The van der Waals surface area contributed by atoms with Crippen LogP contribution >= 0.6 is 0 Å². The van der Waals surface area contributed by atoms with Gasteiger partial charge in [0.15, 0.2) is 0 Å². The van der Waals surface area contributed by atoms with Crippen molar-refractivity contribution in [2.24, 2.45) is 0 Å². The third kappa shape index (κ3) is 5.10. The summed E-state index contributed by atoms with van der Waals surface area (Å²) in [6.45, 7) is 2.85. The first-order chi connectivity index (χ1) is 17.3. The molecule has 3 amide bonds. The summed E-state index contributed by atoms with van der Waals surface area (Å²) >= 11 is 0. The summed E-state index contributed by atoms with van der Waals surface area (Å²) in [6.07, 6.45) is 0.474. The number of carbonyl (C=O) groups excluding carboxylic acids is 3. The van der Waals surface area contributed by atoms with Crippen LogP contribution in [0, 0.1) is 18.6 Å². The molecule has 10 heteroatoms. The van der Waals surface area contributed by atoms with Crippen LogP contribution in [0.2, 0.25) is 0 Å². The van der Waals surface area contributed by atoms with E-state index in [-0.39, 0.29) is 56.5 Å². The summed E-state index contributed by atoms with van der Waals surface area (Å²) in [5, 5.41) is 2.78. The second-order valence-corrected chi connectivity index (χ2v) is 9.02. The number of nitrogens with zero attached hydrogens (tertiary/aromatic N) is 2. The summed E-state index contributed by atoms with van der Waals surface area (Å²) in [5.74, 6) is -2.95. The molecule has 2 heterocycles. The number of carbonyl (C=O) groups is 3. The van der Waals surface area contributed by atoms with Crippen LogP contribution in [0.3, 0.4) is 0 Å². The molecule has 2 aliphatic heterocycles. The quantitative estimate of drug-likeness (QED) is 0.615. The smallest absolute Gasteiger partial charge is 0.256 e. The number of aryl methyl sites for hydroxylation is 1. The highest BCUT2D eigenvalue weighted by atomic mass is 19.1. The average molecular weight is 502 g/mol. The highest BCUT2D eigenvalue weighted by molar-refractivity contribution is 5.99. The Balaban J connectivity index is 1.56. The van der Waals surface area contributed by atoms with E-state index in [1.54, 1.807) is 18.2 Å². The van der Waals surface area contributed by atoms with E-state index in [1.807, 2.05) is 13.0 Å². The third-order valence-electron chi connectivity index (χ3n) is 6.65. The Kier molecular flexibility index (Phi) is 7.65. The molecule has 192 valence electrons. The van der Waals surface area contributed by atoms with Crippen LogP contribution < -0.4 is 5.32 Å². The van der Waals surface area contributed by atoms with Crippen LogP contribution in [-0.4, -0.2) is 79.2 Å². The molecule has 1 N–H and O–H groups in total. The molecule has 2 fully saturated rings. The molecule has 1 atom stereocenters. The second-order valence-electron chi connectivity index (χ2n) is 9.02. The number of ether oxygens (including phenoxy) is 2. The maximum Gasteiger partial charge on any atom is 0.256 e. The normalized spacial score (nSPS) is 18.9. The fourth-order valence-electron chi connectivity index (χ4n) is 4.77. The number of nitrogens with one attached hydrogen (secondary N) is 1. The van der Waals surface area contributed by atoms with Gasteiger partial charge in [0, 0.05) is 51.2 Å². The number of piperidine rings is 1. The molecule has 0 radical (unpaired) electrons. The molecule has 0 aromatic heterocycles. The topological polar surface area (TPSA) is 88.2 Å². The van der Waals surface area contributed by atoms with E-state index in [0.717, 1.165) is 17.7 Å². The minimum atomic E-state index is -1.10. The van der Waals surface area contributed by atoms with Crippen molar-refractivity contribution in [1.82, 2.24) is 15.1 Å². The molecule has 2 aromatic rings. The first kappa shape index (κ1) is 25.7. The molecule has 2 aromatic carbocycles. The number of rotatable bonds is 6. The van der Waals surface area contributed by atoms with E-state index in [9.17, 15) is 23.2 Å². The van der Waals surface area contributed by atoms with Crippen LogP contribution in [0.25, 0.3) is 0 Å². The molecule has 0 aliphatic carbocycles. The monoisotopic (exact) mass is 501 g/mol. The number of likely N-dealkylation sites (tertiary alicyclic amines) is 1. The Hall–Kier alpha value is -3.37. The zero-order valence-corrected chi connectivity index (χ0v) is 20.3. The molecule has 2 saturated heterocycles. The van der Waals surface area contributed by atoms with E-state index >= 15 is 0 Å². The first-order valence-corrected chi connectivity index (χ1v) is 11.8. The maximum atomic E-state index is 14.2. The van der Waals surface area contributed by atoms with Crippen molar-refractivity contribution in [2.45, 2.75) is 31.5 Å². The number of methoxy groups -OCH3 is 1. The average Bonchev–Trinajstić information content (AvgIpc) is 3.22. The van der Waals surface area contributed by atoms with Crippen molar-refractivity contribution < 1.29 is 32.6 Å².